The molecule has 0 unspecified atom stereocenters. The maximum atomic E-state index is 5.57. The Morgan fingerprint density at radius 1 is 0.875 bits per heavy atom. The molecule has 0 aliphatic heterocycles. The summed E-state index contributed by atoms with van der Waals surface area (Å²) in [6.45, 7) is 6.78. The second-order valence-electron chi connectivity index (χ2n) is 6.19. The van der Waals surface area contributed by atoms with Crippen molar-refractivity contribution in [2.24, 2.45) is 0 Å². The van der Waals surface area contributed by atoms with Crippen molar-refractivity contribution >= 4 is 23.2 Å². The monoisotopic (exact) mass is 336 g/mol. The smallest absolute Gasteiger partial charge is 0.0449 e. The van der Waals surface area contributed by atoms with Gasteiger partial charge in [0.25, 0.3) is 0 Å². The van der Waals surface area contributed by atoms with Crippen LogP contribution in [0.3, 0.4) is 0 Å². The molecule has 0 saturated carbocycles. The first-order valence-electron chi connectivity index (χ1n) is 9.12. The number of hydrogen-bond acceptors (Lipinski definition) is 1. The molecule has 0 N–H and O–H groups in total. The second kappa shape index (κ2) is 9.54. The summed E-state index contributed by atoms with van der Waals surface area (Å²) in [6.07, 6.45) is 10.1. The third-order valence-electron chi connectivity index (χ3n) is 4.42. The zero-order chi connectivity index (χ0) is 17.4. The van der Waals surface area contributed by atoms with Gasteiger partial charge in [0.05, 0.1) is 0 Å². The van der Waals surface area contributed by atoms with Crippen LogP contribution in [0.4, 0.5) is 0 Å². The van der Waals surface area contributed by atoms with Gasteiger partial charge in [-0.3, -0.25) is 0 Å². The molecule has 0 aliphatic carbocycles. The first-order valence-corrected chi connectivity index (χ1v) is 9.53. The fraction of sp³-hybridized carbons (Fsp3) is 0.348. The van der Waals surface area contributed by atoms with Gasteiger partial charge in [-0.1, -0.05) is 94.4 Å². The van der Waals surface area contributed by atoms with E-state index in [1.54, 1.807) is 5.56 Å². The van der Waals surface area contributed by atoms with E-state index in [4.69, 9.17) is 12.2 Å². The lowest BCUT2D eigenvalue weighted by Gasteiger charge is -2.16. The van der Waals surface area contributed by atoms with E-state index < -0.39 is 0 Å². The highest BCUT2D eigenvalue weighted by molar-refractivity contribution is 7.81. The molecule has 2 aromatic carbocycles. The molecule has 0 spiro atoms. The van der Waals surface area contributed by atoms with Crippen LogP contribution in [-0.4, -0.2) is 4.86 Å². The molecule has 2 aromatic rings. The van der Waals surface area contributed by atoms with Crippen LogP contribution in [0.1, 0.15) is 61.4 Å². The molecular weight excluding hydrogens is 308 g/mol. The molecule has 2 rings (SSSR count). The Bertz CT molecular complexity index is 695. The van der Waals surface area contributed by atoms with Crippen molar-refractivity contribution in [2.75, 3.05) is 0 Å². The average molecular weight is 337 g/mol. The van der Waals surface area contributed by atoms with Crippen LogP contribution >= 0.6 is 12.2 Å². The number of hydrogen-bond donors (Lipinski definition) is 0. The van der Waals surface area contributed by atoms with Crippen LogP contribution in [0.15, 0.2) is 48.5 Å². The van der Waals surface area contributed by atoms with E-state index in [1.807, 2.05) is 18.2 Å². The molecule has 0 saturated heterocycles. The van der Waals surface area contributed by atoms with E-state index in [0.717, 1.165) is 23.3 Å². The van der Waals surface area contributed by atoms with Gasteiger partial charge in [-0.2, -0.15) is 0 Å². The zero-order valence-corrected chi connectivity index (χ0v) is 16.0. The van der Waals surface area contributed by atoms with Crippen molar-refractivity contribution < 1.29 is 0 Å². The fourth-order valence-electron chi connectivity index (χ4n) is 3.22. The largest absolute Gasteiger partial charge is 0.0795 e. The third-order valence-corrected chi connectivity index (χ3v) is 4.79. The van der Waals surface area contributed by atoms with Crippen LogP contribution in [0.25, 0.3) is 6.08 Å². The summed E-state index contributed by atoms with van der Waals surface area (Å²) in [5, 5.41) is 0. The molecule has 0 amide bonds. The Morgan fingerprint density at radius 2 is 1.54 bits per heavy atom. The molecular formula is C23H28S. The summed E-state index contributed by atoms with van der Waals surface area (Å²) < 4.78 is 0. The molecule has 0 bridgehead atoms. The van der Waals surface area contributed by atoms with E-state index in [9.17, 15) is 0 Å². The number of aryl methyl sites for hydroxylation is 1. The van der Waals surface area contributed by atoms with Gasteiger partial charge < -0.3 is 0 Å². The van der Waals surface area contributed by atoms with E-state index in [1.165, 1.54) is 36.0 Å². The van der Waals surface area contributed by atoms with Crippen LogP contribution in [0.2, 0.25) is 0 Å². The van der Waals surface area contributed by atoms with Gasteiger partial charge in [-0.05, 0) is 53.2 Å². The molecule has 126 valence electrons. The number of benzene rings is 2. The molecule has 0 aliphatic rings. The Kier molecular flexibility index (Phi) is 7.39. The first-order chi connectivity index (χ1) is 11.7. The number of allylic oxidation sites excluding steroid dienone is 1. The second-order valence-corrected chi connectivity index (χ2v) is 6.63. The van der Waals surface area contributed by atoms with Crippen LogP contribution in [-0.2, 0) is 19.3 Å². The van der Waals surface area contributed by atoms with E-state index in [0.29, 0.717) is 0 Å². The van der Waals surface area contributed by atoms with Crippen molar-refractivity contribution in [3.63, 3.8) is 0 Å². The van der Waals surface area contributed by atoms with Crippen molar-refractivity contribution in [1.29, 1.82) is 0 Å². The van der Waals surface area contributed by atoms with E-state index in [2.05, 4.69) is 57.2 Å². The maximum Gasteiger partial charge on any atom is 0.0449 e. The van der Waals surface area contributed by atoms with Gasteiger partial charge in [-0.15, -0.1) is 0 Å². The number of thiocarbonyl (C=S) groups is 1. The van der Waals surface area contributed by atoms with Gasteiger partial charge in [-0.25, -0.2) is 0 Å². The quantitative estimate of drug-likeness (QED) is 0.298. The maximum absolute atomic E-state index is 5.57. The Balaban J connectivity index is 2.36. The van der Waals surface area contributed by atoms with Crippen LogP contribution in [0.5, 0.6) is 0 Å². The Morgan fingerprint density at radius 3 is 2.17 bits per heavy atom. The van der Waals surface area contributed by atoms with Gasteiger partial charge in [0.15, 0.2) is 0 Å². The summed E-state index contributed by atoms with van der Waals surface area (Å²) in [7, 11) is 0. The minimum atomic E-state index is 0.898. The van der Waals surface area contributed by atoms with Gasteiger partial charge >= 0.3 is 0 Å². The van der Waals surface area contributed by atoms with E-state index >= 15 is 0 Å². The lowest BCUT2D eigenvalue weighted by molar-refractivity contribution is 0.843. The summed E-state index contributed by atoms with van der Waals surface area (Å²) >= 11 is 5.57. The normalized spacial score (nSPS) is 11.1. The van der Waals surface area contributed by atoms with Gasteiger partial charge in [0.1, 0.15) is 0 Å². The van der Waals surface area contributed by atoms with Crippen molar-refractivity contribution in [3.05, 3.63) is 76.4 Å². The molecule has 0 heterocycles. The summed E-state index contributed by atoms with van der Waals surface area (Å²) in [5.74, 6) is 0. The Labute approximate surface area is 152 Å². The summed E-state index contributed by atoms with van der Waals surface area (Å²) in [4.78, 5) is 0.898. The van der Waals surface area contributed by atoms with Crippen molar-refractivity contribution in [3.8, 4) is 0 Å². The predicted molar refractivity (Wildman–Crippen MR) is 111 cm³/mol. The lowest BCUT2D eigenvalue weighted by atomic mass is 9.89. The number of rotatable bonds is 8. The molecule has 0 nitrogen and oxygen atoms in total. The van der Waals surface area contributed by atoms with Crippen molar-refractivity contribution in [1.82, 2.24) is 0 Å². The average Bonchev–Trinajstić information content (AvgIpc) is 2.62. The van der Waals surface area contributed by atoms with Crippen LogP contribution < -0.4 is 0 Å². The van der Waals surface area contributed by atoms with Crippen LogP contribution in [0, 0.1) is 0 Å². The highest BCUT2D eigenvalue weighted by Gasteiger charge is 2.10. The molecule has 24 heavy (non-hydrogen) atoms. The SMILES string of the molecule is CCCc1c(C=CC(=S)c2ccccc2)ccc(CC)c1CCC. The molecule has 0 aromatic heterocycles. The highest BCUT2D eigenvalue weighted by Crippen LogP contribution is 2.25. The Hall–Kier alpha value is -1.73. The minimum absolute atomic E-state index is 0.898. The predicted octanol–water partition coefficient (Wildman–Crippen LogP) is 6.59. The lowest BCUT2D eigenvalue weighted by Crippen LogP contribution is -2.03. The zero-order valence-electron chi connectivity index (χ0n) is 15.1. The topological polar surface area (TPSA) is 0 Å². The molecule has 0 fully saturated rings. The fourth-order valence-corrected chi connectivity index (χ4v) is 3.42. The minimum Gasteiger partial charge on any atom is -0.0795 e. The van der Waals surface area contributed by atoms with Gasteiger partial charge in [0, 0.05) is 4.86 Å². The van der Waals surface area contributed by atoms with Gasteiger partial charge in [0.2, 0.25) is 0 Å². The highest BCUT2D eigenvalue weighted by atomic mass is 32.1. The third kappa shape index (κ3) is 4.64. The first kappa shape index (κ1) is 18.6. The molecule has 0 atom stereocenters. The molecule has 1 heteroatoms. The summed E-state index contributed by atoms with van der Waals surface area (Å²) in [6, 6.07) is 14.8. The standard InChI is InChI=1S/C23H28S/c1-4-10-21-18(6-3)14-15-19(22(21)11-5-2)16-17-23(24)20-12-8-7-9-13-20/h7-9,12-17H,4-6,10-11H2,1-3H3. The van der Waals surface area contributed by atoms with E-state index in [-0.39, 0.29) is 0 Å². The molecule has 0 radical (unpaired) electrons. The van der Waals surface area contributed by atoms with Crippen molar-refractivity contribution in [2.45, 2.75) is 52.9 Å². The summed E-state index contributed by atoms with van der Waals surface area (Å²) in [5.41, 5.74) is 7.03.